The van der Waals surface area contributed by atoms with E-state index in [1.54, 1.807) is 4.90 Å². The first-order chi connectivity index (χ1) is 14.7. The minimum absolute atomic E-state index is 0.0817. The Morgan fingerprint density at radius 3 is 2.58 bits per heavy atom. The topological polar surface area (TPSA) is 96.0 Å². The van der Waals surface area contributed by atoms with E-state index in [-0.39, 0.29) is 12.0 Å². The molecule has 0 saturated carbocycles. The molecule has 9 heteroatoms. The predicted octanol–water partition coefficient (Wildman–Crippen LogP) is 4.91. The van der Waals surface area contributed by atoms with Crippen molar-refractivity contribution in [3.63, 3.8) is 0 Å². The molecule has 3 aromatic rings. The largest absolute Gasteiger partial charge is 0.444 e. The highest BCUT2D eigenvalue weighted by atomic mass is 35.5. The summed E-state index contributed by atoms with van der Waals surface area (Å²) in [4.78, 5) is 23.4. The molecular weight excluding hydrogens is 416 g/mol. The number of aromatic amines is 1. The Labute approximate surface area is 186 Å². The first kappa shape index (κ1) is 21.1. The van der Waals surface area contributed by atoms with Crippen LogP contribution in [0.4, 0.5) is 16.4 Å². The maximum atomic E-state index is 12.3. The van der Waals surface area contributed by atoms with Crippen molar-refractivity contribution in [1.29, 1.82) is 0 Å². The SMILES string of the molecule is Cc1cc(Nc2cc(C3CN(C(=O)OC(C)(C)C)C3)nc(-c3ccccc3Cl)n2)n[nH]1. The number of ether oxygens (including phenoxy) is 1. The summed E-state index contributed by atoms with van der Waals surface area (Å²) in [6, 6.07) is 11.2. The maximum absolute atomic E-state index is 12.3. The lowest BCUT2D eigenvalue weighted by Crippen LogP contribution is -2.50. The Morgan fingerprint density at radius 2 is 1.94 bits per heavy atom. The second-order valence-electron chi connectivity index (χ2n) is 8.62. The predicted molar refractivity (Wildman–Crippen MR) is 120 cm³/mol. The van der Waals surface area contributed by atoms with Gasteiger partial charge in [0.25, 0.3) is 0 Å². The number of likely N-dealkylation sites (tertiary alicyclic amines) is 1. The van der Waals surface area contributed by atoms with Crippen molar-refractivity contribution in [2.45, 2.75) is 39.2 Å². The summed E-state index contributed by atoms with van der Waals surface area (Å²) < 4.78 is 5.45. The molecule has 4 rings (SSSR count). The van der Waals surface area contributed by atoms with Crippen molar-refractivity contribution in [3.05, 3.63) is 52.8 Å². The van der Waals surface area contributed by atoms with Gasteiger partial charge < -0.3 is 15.0 Å². The lowest BCUT2D eigenvalue weighted by atomic mass is 9.96. The van der Waals surface area contributed by atoms with Gasteiger partial charge in [-0.3, -0.25) is 5.10 Å². The van der Waals surface area contributed by atoms with Crippen LogP contribution >= 0.6 is 11.6 Å². The van der Waals surface area contributed by atoms with Crippen LogP contribution in [0.2, 0.25) is 5.02 Å². The van der Waals surface area contributed by atoms with E-state index in [1.807, 2.05) is 64.1 Å². The molecule has 1 fully saturated rings. The smallest absolute Gasteiger partial charge is 0.410 e. The number of carbonyl (C=O) groups is 1. The van der Waals surface area contributed by atoms with Crippen LogP contribution in [-0.4, -0.2) is 49.8 Å². The van der Waals surface area contributed by atoms with Gasteiger partial charge in [0, 0.05) is 42.4 Å². The van der Waals surface area contributed by atoms with Crippen molar-refractivity contribution in [2.24, 2.45) is 0 Å². The van der Waals surface area contributed by atoms with E-state index in [1.165, 1.54) is 0 Å². The molecule has 1 aliphatic heterocycles. The summed E-state index contributed by atoms with van der Waals surface area (Å²) in [6.45, 7) is 8.58. The highest BCUT2D eigenvalue weighted by Crippen LogP contribution is 2.32. The van der Waals surface area contributed by atoms with Crippen LogP contribution in [0.1, 0.15) is 38.1 Å². The molecule has 0 aliphatic carbocycles. The molecule has 0 radical (unpaired) electrons. The molecule has 31 heavy (non-hydrogen) atoms. The highest BCUT2D eigenvalue weighted by molar-refractivity contribution is 6.33. The number of amides is 1. The van der Waals surface area contributed by atoms with Gasteiger partial charge in [0.15, 0.2) is 11.6 Å². The third kappa shape index (κ3) is 4.96. The number of rotatable bonds is 4. The highest BCUT2D eigenvalue weighted by Gasteiger charge is 2.36. The fourth-order valence-corrected chi connectivity index (χ4v) is 3.48. The summed E-state index contributed by atoms with van der Waals surface area (Å²) in [5.41, 5.74) is 2.00. The molecule has 1 aliphatic rings. The normalized spacial score (nSPS) is 14.3. The van der Waals surface area contributed by atoms with Gasteiger partial charge in [0.2, 0.25) is 0 Å². The molecule has 0 spiro atoms. The molecule has 162 valence electrons. The minimum Gasteiger partial charge on any atom is -0.444 e. The molecule has 2 aromatic heterocycles. The van der Waals surface area contributed by atoms with E-state index >= 15 is 0 Å². The maximum Gasteiger partial charge on any atom is 0.410 e. The third-order valence-electron chi connectivity index (χ3n) is 4.77. The van der Waals surface area contributed by atoms with Gasteiger partial charge in [0.05, 0.1) is 10.7 Å². The van der Waals surface area contributed by atoms with Crippen molar-refractivity contribution in [2.75, 3.05) is 18.4 Å². The molecule has 1 aromatic carbocycles. The Balaban J connectivity index is 1.60. The summed E-state index contributed by atoms with van der Waals surface area (Å²) in [5.74, 6) is 1.88. The molecule has 0 bridgehead atoms. The number of aryl methyl sites for hydroxylation is 1. The van der Waals surface area contributed by atoms with Crippen molar-refractivity contribution >= 4 is 29.3 Å². The molecular formula is C22H25ClN6O2. The van der Waals surface area contributed by atoms with Crippen molar-refractivity contribution in [3.8, 4) is 11.4 Å². The Kier molecular flexibility index (Phi) is 5.58. The van der Waals surface area contributed by atoms with Gasteiger partial charge in [-0.2, -0.15) is 5.10 Å². The minimum atomic E-state index is -0.521. The van der Waals surface area contributed by atoms with Crippen molar-refractivity contribution < 1.29 is 9.53 Å². The zero-order valence-corrected chi connectivity index (χ0v) is 18.7. The molecule has 8 nitrogen and oxygen atoms in total. The number of halogens is 1. The number of H-pyrrole nitrogens is 1. The van der Waals surface area contributed by atoms with Gasteiger partial charge in [-0.15, -0.1) is 0 Å². The van der Waals surface area contributed by atoms with E-state index in [0.29, 0.717) is 35.6 Å². The molecule has 3 heterocycles. The summed E-state index contributed by atoms with van der Waals surface area (Å²) >= 11 is 6.39. The van der Waals surface area contributed by atoms with E-state index in [9.17, 15) is 4.79 Å². The van der Waals surface area contributed by atoms with E-state index < -0.39 is 5.60 Å². The number of nitrogens with one attached hydrogen (secondary N) is 2. The van der Waals surface area contributed by atoms with Crippen LogP contribution in [0.5, 0.6) is 0 Å². The van der Waals surface area contributed by atoms with Gasteiger partial charge in [-0.25, -0.2) is 14.8 Å². The summed E-state index contributed by atoms with van der Waals surface area (Å²) in [6.07, 6.45) is -0.311. The van der Waals surface area contributed by atoms with Crippen LogP contribution in [0.3, 0.4) is 0 Å². The lowest BCUT2D eigenvalue weighted by Gasteiger charge is -2.39. The van der Waals surface area contributed by atoms with Gasteiger partial charge >= 0.3 is 6.09 Å². The number of carbonyl (C=O) groups excluding carboxylic acids is 1. The lowest BCUT2D eigenvalue weighted by molar-refractivity contribution is 0.00789. The number of benzene rings is 1. The standard InChI is InChI=1S/C22H25ClN6O2/c1-13-9-19(28-27-13)25-18-10-17(14-11-29(12-14)21(30)31-22(2,3)4)24-20(26-18)15-7-5-6-8-16(15)23/h5-10,14H,11-12H2,1-4H3,(H2,24,25,26,27,28). The number of anilines is 2. The Bertz CT molecular complexity index is 1100. The Hall–Kier alpha value is -3.13. The summed E-state index contributed by atoms with van der Waals surface area (Å²) in [7, 11) is 0. The molecule has 1 amide bonds. The second-order valence-corrected chi connectivity index (χ2v) is 9.03. The first-order valence-electron chi connectivity index (χ1n) is 10.1. The average Bonchev–Trinajstić information content (AvgIpc) is 3.04. The van der Waals surface area contributed by atoms with Crippen LogP contribution in [0.25, 0.3) is 11.4 Å². The number of nitrogens with zero attached hydrogens (tertiary/aromatic N) is 4. The van der Waals surface area contributed by atoms with Crippen LogP contribution in [-0.2, 0) is 4.74 Å². The van der Waals surface area contributed by atoms with E-state index in [4.69, 9.17) is 21.3 Å². The number of aromatic nitrogens is 4. The number of hydrogen-bond acceptors (Lipinski definition) is 6. The molecule has 0 atom stereocenters. The fourth-order valence-electron chi connectivity index (χ4n) is 3.26. The molecule has 2 N–H and O–H groups in total. The van der Waals surface area contributed by atoms with Gasteiger partial charge in [-0.05, 0) is 39.8 Å². The van der Waals surface area contributed by atoms with Crippen LogP contribution < -0.4 is 5.32 Å². The summed E-state index contributed by atoms with van der Waals surface area (Å²) in [5, 5.41) is 10.9. The monoisotopic (exact) mass is 440 g/mol. The van der Waals surface area contributed by atoms with Gasteiger partial charge in [0.1, 0.15) is 11.4 Å². The Morgan fingerprint density at radius 1 is 1.19 bits per heavy atom. The third-order valence-corrected chi connectivity index (χ3v) is 5.10. The van der Waals surface area contributed by atoms with Crippen molar-refractivity contribution in [1.82, 2.24) is 25.1 Å². The van der Waals surface area contributed by atoms with Crippen LogP contribution in [0, 0.1) is 6.92 Å². The molecule has 1 saturated heterocycles. The molecule has 0 unspecified atom stereocenters. The second kappa shape index (κ2) is 8.19. The zero-order valence-electron chi connectivity index (χ0n) is 17.9. The quantitative estimate of drug-likeness (QED) is 0.598. The van der Waals surface area contributed by atoms with Crippen LogP contribution in [0.15, 0.2) is 36.4 Å². The zero-order chi connectivity index (χ0) is 22.2. The fraction of sp³-hybridized carbons (Fsp3) is 0.364. The average molecular weight is 441 g/mol. The van der Waals surface area contributed by atoms with Gasteiger partial charge in [-0.1, -0.05) is 23.7 Å². The van der Waals surface area contributed by atoms with E-state index in [0.717, 1.165) is 17.0 Å². The number of hydrogen-bond donors (Lipinski definition) is 2. The van der Waals surface area contributed by atoms with E-state index in [2.05, 4.69) is 20.5 Å². The first-order valence-corrected chi connectivity index (χ1v) is 10.5.